The van der Waals surface area contributed by atoms with Gasteiger partial charge in [0.25, 0.3) is 0 Å². The number of hydrogen-bond donors (Lipinski definition) is 0. The molecule has 3 aromatic rings. The first-order chi connectivity index (χ1) is 12.3. The third-order valence-electron chi connectivity index (χ3n) is 4.26. The third kappa shape index (κ3) is 4.35. The van der Waals surface area contributed by atoms with Gasteiger partial charge in [-0.05, 0) is 60.7 Å². The summed E-state index contributed by atoms with van der Waals surface area (Å²) in [5.74, 6) is 1.91. The van der Waals surface area contributed by atoms with Crippen LogP contribution >= 0.6 is 0 Å². The van der Waals surface area contributed by atoms with E-state index in [2.05, 4.69) is 28.2 Å². The van der Waals surface area contributed by atoms with Crippen molar-refractivity contribution < 1.29 is 9.47 Å². The van der Waals surface area contributed by atoms with Crippen LogP contribution in [0.5, 0.6) is 11.5 Å². The highest BCUT2D eigenvalue weighted by molar-refractivity contribution is 5.43. The zero-order chi connectivity index (χ0) is 17.5. The molecule has 0 spiro atoms. The molecule has 0 amide bonds. The van der Waals surface area contributed by atoms with Crippen molar-refractivity contribution in [2.75, 3.05) is 14.2 Å². The molecular weight excluding hydrogens is 312 g/mol. The number of methoxy groups -OCH3 is 2. The van der Waals surface area contributed by atoms with Crippen LogP contribution in [0.1, 0.15) is 22.7 Å². The largest absolute Gasteiger partial charge is 0.497 e. The van der Waals surface area contributed by atoms with Crippen molar-refractivity contribution in [1.29, 1.82) is 0 Å². The molecule has 1 unspecified atom stereocenters. The molecule has 0 saturated carbocycles. The van der Waals surface area contributed by atoms with Crippen molar-refractivity contribution in [3.05, 3.63) is 83.9 Å². The quantitative estimate of drug-likeness (QED) is 0.653. The van der Waals surface area contributed by atoms with Crippen LogP contribution in [0, 0.1) is 0 Å². The lowest BCUT2D eigenvalue weighted by Crippen LogP contribution is -2.10. The van der Waals surface area contributed by atoms with Crippen LogP contribution < -0.4 is 9.47 Å². The minimum absolute atomic E-state index is 0.212. The zero-order valence-electron chi connectivity index (χ0n) is 14.6. The maximum atomic E-state index is 5.61. The van der Waals surface area contributed by atoms with Crippen LogP contribution in [0.2, 0.25) is 0 Å². The Balaban J connectivity index is 1.98. The molecule has 4 nitrogen and oxygen atoms in total. The number of hydrogen-bond acceptors (Lipinski definition) is 4. The Morgan fingerprint density at radius 3 is 2.52 bits per heavy atom. The van der Waals surface area contributed by atoms with Crippen molar-refractivity contribution in [3.8, 4) is 11.5 Å². The van der Waals surface area contributed by atoms with E-state index in [1.165, 1.54) is 5.56 Å². The molecule has 4 heteroatoms. The van der Waals surface area contributed by atoms with E-state index in [1.54, 1.807) is 20.4 Å². The number of pyridine rings is 2. The highest BCUT2D eigenvalue weighted by Gasteiger charge is 2.19. The summed E-state index contributed by atoms with van der Waals surface area (Å²) in [5.41, 5.74) is 3.37. The van der Waals surface area contributed by atoms with Gasteiger partial charge in [0, 0.05) is 29.8 Å². The maximum absolute atomic E-state index is 5.61. The summed E-state index contributed by atoms with van der Waals surface area (Å²) in [6.45, 7) is 0. The Hall–Kier alpha value is -2.88. The molecular formula is C21H22N2O2. The van der Waals surface area contributed by atoms with Gasteiger partial charge in [0.05, 0.1) is 14.2 Å². The maximum Gasteiger partial charge on any atom is 0.122 e. The molecule has 0 aliphatic heterocycles. The first-order valence-electron chi connectivity index (χ1n) is 8.31. The van der Waals surface area contributed by atoms with Crippen LogP contribution in [-0.2, 0) is 12.8 Å². The Morgan fingerprint density at radius 1 is 0.920 bits per heavy atom. The molecule has 128 valence electrons. The van der Waals surface area contributed by atoms with Crippen molar-refractivity contribution >= 4 is 0 Å². The van der Waals surface area contributed by atoms with Crippen LogP contribution in [0.4, 0.5) is 0 Å². The highest BCUT2D eigenvalue weighted by Crippen LogP contribution is 2.34. The van der Waals surface area contributed by atoms with Gasteiger partial charge in [-0.15, -0.1) is 0 Å². The van der Waals surface area contributed by atoms with Gasteiger partial charge in [0.1, 0.15) is 11.5 Å². The van der Waals surface area contributed by atoms with Gasteiger partial charge in [-0.25, -0.2) is 0 Å². The molecule has 2 aromatic heterocycles. The SMILES string of the molecule is COc1ccc(OC)c(C(Cc2cccnc2)Cc2ccccn2)c1. The van der Waals surface area contributed by atoms with Crippen LogP contribution in [0.25, 0.3) is 0 Å². The monoisotopic (exact) mass is 334 g/mol. The summed E-state index contributed by atoms with van der Waals surface area (Å²) in [5, 5.41) is 0. The molecule has 2 heterocycles. The average molecular weight is 334 g/mol. The van der Waals surface area contributed by atoms with Crippen LogP contribution in [-0.4, -0.2) is 24.2 Å². The lowest BCUT2D eigenvalue weighted by Gasteiger charge is -2.20. The van der Waals surface area contributed by atoms with E-state index in [4.69, 9.17) is 9.47 Å². The summed E-state index contributed by atoms with van der Waals surface area (Å²) < 4.78 is 11.0. The molecule has 25 heavy (non-hydrogen) atoms. The number of ether oxygens (including phenoxy) is 2. The molecule has 3 rings (SSSR count). The van der Waals surface area contributed by atoms with E-state index in [1.807, 2.05) is 42.7 Å². The van der Waals surface area contributed by atoms with Crippen LogP contribution in [0.3, 0.4) is 0 Å². The van der Waals surface area contributed by atoms with E-state index < -0.39 is 0 Å². The Morgan fingerprint density at radius 2 is 1.84 bits per heavy atom. The van der Waals surface area contributed by atoms with Gasteiger partial charge in [-0.1, -0.05) is 12.1 Å². The van der Waals surface area contributed by atoms with Crippen molar-refractivity contribution in [3.63, 3.8) is 0 Å². The first kappa shape index (κ1) is 17.0. The normalized spacial score (nSPS) is 11.8. The summed E-state index contributed by atoms with van der Waals surface area (Å²) in [6.07, 6.45) is 7.22. The third-order valence-corrected chi connectivity index (χ3v) is 4.26. The number of aromatic nitrogens is 2. The molecule has 0 saturated heterocycles. The highest BCUT2D eigenvalue weighted by atomic mass is 16.5. The van der Waals surface area contributed by atoms with E-state index in [0.717, 1.165) is 35.6 Å². The van der Waals surface area contributed by atoms with Gasteiger partial charge in [-0.3, -0.25) is 9.97 Å². The van der Waals surface area contributed by atoms with E-state index >= 15 is 0 Å². The molecule has 1 aromatic carbocycles. The minimum Gasteiger partial charge on any atom is -0.497 e. The smallest absolute Gasteiger partial charge is 0.122 e. The zero-order valence-corrected chi connectivity index (χ0v) is 14.6. The molecule has 0 bridgehead atoms. The Kier molecular flexibility index (Phi) is 5.62. The Bertz CT molecular complexity index is 750. The molecule has 0 aliphatic carbocycles. The molecule has 0 fully saturated rings. The van der Waals surface area contributed by atoms with Gasteiger partial charge in [0.15, 0.2) is 0 Å². The minimum atomic E-state index is 0.212. The molecule has 1 atom stereocenters. The summed E-state index contributed by atoms with van der Waals surface area (Å²) >= 11 is 0. The van der Waals surface area contributed by atoms with E-state index in [-0.39, 0.29) is 5.92 Å². The fourth-order valence-electron chi connectivity index (χ4n) is 3.03. The fourth-order valence-corrected chi connectivity index (χ4v) is 3.03. The summed E-state index contributed by atoms with van der Waals surface area (Å²) in [7, 11) is 3.38. The van der Waals surface area contributed by atoms with Gasteiger partial charge in [-0.2, -0.15) is 0 Å². The fraction of sp³-hybridized carbons (Fsp3) is 0.238. The summed E-state index contributed by atoms with van der Waals surface area (Å²) in [4.78, 5) is 8.74. The number of rotatable bonds is 7. The standard InChI is InChI=1S/C21H22N2O2/c1-24-19-8-9-21(25-2)20(14-19)17(12-16-6-5-10-22-15-16)13-18-7-3-4-11-23-18/h3-11,14-15,17H,12-13H2,1-2H3. The van der Waals surface area contributed by atoms with Gasteiger partial charge >= 0.3 is 0 Å². The number of nitrogens with zero attached hydrogens (tertiary/aromatic N) is 2. The van der Waals surface area contributed by atoms with E-state index in [9.17, 15) is 0 Å². The second kappa shape index (κ2) is 8.29. The molecule has 0 aliphatic rings. The lowest BCUT2D eigenvalue weighted by molar-refractivity contribution is 0.394. The second-order valence-electron chi connectivity index (χ2n) is 5.90. The van der Waals surface area contributed by atoms with Crippen molar-refractivity contribution in [2.24, 2.45) is 0 Å². The molecule has 0 N–H and O–H groups in total. The average Bonchev–Trinajstić information content (AvgIpc) is 2.68. The van der Waals surface area contributed by atoms with Crippen molar-refractivity contribution in [2.45, 2.75) is 18.8 Å². The first-order valence-corrected chi connectivity index (χ1v) is 8.31. The van der Waals surface area contributed by atoms with Gasteiger partial charge in [0.2, 0.25) is 0 Å². The predicted molar refractivity (Wildman–Crippen MR) is 98.2 cm³/mol. The summed E-state index contributed by atoms with van der Waals surface area (Å²) in [6, 6.07) is 16.0. The molecule has 0 radical (unpaired) electrons. The van der Waals surface area contributed by atoms with Gasteiger partial charge < -0.3 is 9.47 Å². The second-order valence-corrected chi connectivity index (χ2v) is 5.90. The van der Waals surface area contributed by atoms with E-state index in [0.29, 0.717) is 0 Å². The predicted octanol–water partition coefficient (Wildman–Crippen LogP) is 4.06. The lowest BCUT2D eigenvalue weighted by atomic mass is 9.87. The van der Waals surface area contributed by atoms with Crippen molar-refractivity contribution in [1.82, 2.24) is 9.97 Å². The topological polar surface area (TPSA) is 44.2 Å². The van der Waals surface area contributed by atoms with Crippen LogP contribution in [0.15, 0.2) is 67.1 Å². The Labute approximate surface area is 148 Å². The number of benzene rings is 1.